The van der Waals surface area contributed by atoms with E-state index in [1.54, 1.807) is 4.90 Å². The minimum atomic E-state index is -0.341. The largest absolute Gasteiger partial charge is 0.352 e. The Morgan fingerprint density at radius 3 is 2.65 bits per heavy atom. The number of carbonyl (C=O) groups is 2. The maximum atomic E-state index is 12.8. The molecule has 1 aromatic rings. The van der Waals surface area contributed by atoms with E-state index in [1.165, 1.54) is 31.2 Å². The van der Waals surface area contributed by atoms with Crippen LogP contribution < -0.4 is 10.6 Å². The summed E-state index contributed by atoms with van der Waals surface area (Å²) in [5, 5.41) is 5.55. The number of anilines is 1. The molecule has 1 fully saturated rings. The van der Waals surface area contributed by atoms with E-state index >= 15 is 0 Å². The number of urea groups is 1. The molecule has 0 spiro atoms. The van der Waals surface area contributed by atoms with E-state index in [4.69, 9.17) is 0 Å². The van der Waals surface area contributed by atoms with Crippen LogP contribution in [0.5, 0.6) is 0 Å². The van der Waals surface area contributed by atoms with Crippen molar-refractivity contribution in [2.75, 3.05) is 18.4 Å². The molecule has 0 aromatic heterocycles. The van der Waals surface area contributed by atoms with Gasteiger partial charge >= 0.3 is 6.03 Å². The fraction of sp³-hybridized carbons (Fsp3) is 0.429. The van der Waals surface area contributed by atoms with Crippen LogP contribution in [0.2, 0.25) is 0 Å². The first kappa shape index (κ1) is 14.3. The molecule has 1 heterocycles. The van der Waals surface area contributed by atoms with Crippen molar-refractivity contribution in [1.29, 1.82) is 0 Å². The third-order valence-corrected chi connectivity index (χ3v) is 3.21. The molecule has 108 valence electrons. The molecule has 2 N–H and O–H groups in total. The molecule has 2 rings (SSSR count). The van der Waals surface area contributed by atoms with Gasteiger partial charge in [-0.2, -0.15) is 0 Å². The summed E-state index contributed by atoms with van der Waals surface area (Å²) in [7, 11) is 0. The molecule has 20 heavy (non-hydrogen) atoms. The molecule has 0 radical (unpaired) electrons. The first-order chi connectivity index (χ1) is 9.54. The van der Waals surface area contributed by atoms with Crippen molar-refractivity contribution in [2.45, 2.75) is 25.8 Å². The van der Waals surface area contributed by atoms with Crippen molar-refractivity contribution in [1.82, 2.24) is 10.2 Å². The molecule has 1 unspecified atom stereocenters. The van der Waals surface area contributed by atoms with Crippen LogP contribution in [-0.2, 0) is 4.79 Å². The lowest BCUT2D eigenvalue weighted by molar-refractivity contribution is -0.119. The predicted octanol–water partition coefficient (Wildman–Crippen LogP) is 1.96. The first-order valence-electron chi connectivity index (χ1n) is 6.63. The maximum Gasteiger partial charge on any atom is 0.321 e. The van der Waals surface area contributed by atoms with Crippen LogP contribution >= 0.6 is 0 Å². The third kappa shape index (κ3) is 3.94. The van der Waals surface area contributed by atoms with Gasteiger partial charge in [0.2, 0.25) is 5.91 Å². The number of nitrogens with one attached hydrogen (secondary N) is 2. The smallest absolute Gasteiger partial charge is 0.321 e. The van der Waals surface area contributed by atoms with Crippen LogP contribution in [0.4, 0.5) is 14.9 Å². The Labute approximate surface area is 117 Å². The van der Waals surface area contributed by atoms with E-state index in [0.717, 1.165) is 12.8 Å². The predicted molar refractivity (Wildman–Crippen MR) is 73.8 cm³/mol. The molecule has 0 saturated carbocycles. The standard InChI is InChI=1S/C14H18FN3O2/c1-10(19)16-13-3-2-8-18(9-13)14(20)17-12-6-4-11(15)5-7-12/h4-7,13H,2-3,8-9H2,1H3,(H,16,19)(H,17,20). The monoisotopic (exact) mass is 279 g/mol. The second-order valence-electron chi connectivity index (χ2n) is 4.92. The SMILES string of the molecule is CC(=O)NC1CCCN(C(=O)Nc2ccc(F)cc2)C1. The molecular formula is C14H18FN3O2. The normalized spacial score (nSPS) is 18.5. The number of piperidine rings is 1. The number of benzene rings is 1. The second kappa shape index (κ2) is 6.36. The lowest BCUT2D eigenvalue weighted by atomic mass is 10.1. The van der Waals surface area contributed by atoms with Gasteiger partial charge in [0.25, 0.3) is 0 Å². The molecule has 0 bridgehead atoms. The Hall–Kier alpha value is -2.11. The van der Waals surface area contributed by atoms with Gasteiger partial charge < -0.3 is 15.5 Å². The quantitative estimate of drug-likeness (QED) is 0.869. The molecular weight excluding hydrogens is 261 g/mol. The summed E-state index contributed by atoms with van der Waals surface area (Å²) in [6, 6.07) is 5.40. The lowest BCUT2D eigenvalue weighted by Gasteiger charge is -2.33. The Balaban J connectivity index is 1.91. The van der Waals surface area contributed by atoms with Crippen molar-refractivity contribution in [3.8, 4) is 0 Å². The molecule has 3 amide bonds. The highest BCUT2D eigenvalue weighted by molar-refractivity contribution is 5.89. The molecule has 0 aliphatic carbocycles. The van der Waals surface area contributed by atoms with Crippen molar-refractivity contribution >= 4 is 17.6 Å². The van der Waals surface area contributed by atoms with Gasteiger partial charge in [-0.3, -0.25) is 4.79 Å². The number of rotatable bonds is 2. The molecule has 5 nitrogen and oxygen atoms in total. The van der Waals surface area contributed by atoms with E-state index in [2.05, 4.69) is 10.6 Å². The Kier molecular flexibility index (Phi) is 4.55. The number of halogens is 1. The van der Waals surface area contributed by atoms with Gasteiger partial charge in [-0.25, -0.2) is 9.18 Å². The zero-order valence-electron chi connectivity index (χ0n) is 11.4. The van der Waals surface area contributed by atoms with E-state index in [-0.39, 0.29) is 23.8 Å². The van der Waals surface area contributed by atoms with Gasteiger partial charge in [-0.05, 0) is 37.1 Å². The van der Waals surface area contributed by atoms with Crippen molar-refractivity contribution in [3.63, 3.8) is 0 Å². The number of amides is 3. The number of nitrogens with zero attached hydrogens (tertiary/aromatic N) is 1. The Morgan fingerprint density at radius 2 is 2.00 bits per heavy atom. The topological polar surface area (TPSA) is 61.4 Å². The summed E-state index contributed by atoms with van der Waals surface area (Å²) >= 11 is 0. The summed E-state index contributed by atoms with van der Waals surface area (Å²) in [5.41, 5.74) is 0.554. The maximum absolute atomic E-state index is 12.8. The minimum Gasteiger partial charge on any atom is -0.352 e. The van der Waals surface area contributed by atoms with Crippen molar-refractivity contribution in [3.05, 3.63) is 30.1 Å². The zero-order chi connectivity index (χ0) is 14.5. The minimum absolute atomic E-state index is 0.000202. The number of likely N-dealkylation sites (tertiary alicyclic amines) is 1. The van der Waals surface area contributed by atoms with Crippen LogP contribution in [0, 0.1) is 5.82 Å². The van der Waals surface area contributed by atoms with Crippen LogP contribution in [0.3, 0.4) is 0 Å². The molecule has 1 saturated heterocycles. The second-order valence-corrected chi connectivity index (χ2v) is 4.92. The molecule has 6 heteroatoms. The van der Waals surface area contributed by atoms with Gasteiger partial charge in [0.1, 0.15) is 5.82 Å². The summed E-state index contributed by atoms with van der Waals surface area (Å²) < 4.78 is 12.8. The van der Waals surface area contributed by atoms with Gasteiger partial charge in [-0.15, -0.1) is 0 Å². The summed E-state index contributed by atoms with van der Waals surface area (Å²) in [4.78, 5) is 24.8. The van der Waals surface area contributed by atoms with Crippen LogP contribution in [0.25, 0.3) is 0 Å². The highest BCUT2D eigenvalue weighted by Crippen LogP contribution is 2.13. The first-order valence-corrected chi connectivity index (χ1v) is 6.63. The Bertz CT molecular complexity index is 490. The van der Waals surface area contributed by atoms with E-state index in [1.807, 2.05) is 0 Å². The number of carbonyl (C=O) groups excluding carboxylic acids is 2. The van der Waals surface area contributed by atoms with Crippen molar-refractivity contribution in [2.24, 2.45) is 0 Å². The third-order valence-electron chi connectivity index (χ3n) is 3.21. The van der Waals surface area contributed by atoms with E-state index in [0.29, 0.717) is 18.8 Å². The lowest BCUT2D eigenvalue weighted by Crippen LogP contribution is -2.50. The average molecular weight is 279 g/mol. The van der Waals surface area contributed by atoms with E-state index < -0.39 is 0 Å². The molecule has 1 aliphatic heterocycles. The summed E-state index contributed by atoms with van der Waals surface area (Å²) in [6.45, 7) is 2.62. The van der Waals surface area contributed by atoms with Gasteiger partial charge in [0.15, 0.2) is 0 Å². The van der Waals surface area contributed by atoms with Gasteiger partial charge in [-0.1, -0.05) is 0 Å². The van der Waals surface area contributed by atoms with Crippen molar-refractivity contribution < 1.29 is 14.0 Å². The highest BCUT2D eigenvalue weighted by atomic mass is 19.1. The van der Waals surface area contributed by atoms with Gasteiger partial charge in [0, 0.05) is 31.7 Å². The Morgan fingerprint density at radius 1 is 1.30 bits per heavy atom. The average Bonchev–Trinajstić information content (AvgIpc) is 2.41. The molecule has 1 aliphatic rings. The number of hydrogen-bond donors (Lipinski definition) is 2. The fourth-order valence-corrected chi connectivity index (χ4v) is 2.30. The van der Waals surface area contributed by atoms with Gasteiger partial charge in [0.05, 0.1) is 0 Å². The van der Waals surface area contributed by atoms with E-state index in [9.17, 15) is 14.0 Å². The number of hydrogen-bond acceptors (Lipinski definition) is 2. The summed E-state index contributed by atoms with van der Waals surface area (Å²) in [5.74, 6) is -0.428. The van der Waals surface area contributed by atoms with Crippen LogP contribution in [0.15, 0.2) is 24.3 Å². The molecule has 1 aromatic carbocycles. The van der Waals surface area contributed by atoms with Crippen LogP contribution in [-0.4, -0.2) is 36.0 Å². The zero-order valence-corrected chi connectivity index (χ0v) is 11.4. The highest BCUT2D eigenvalue weighted by Gasteiger charge is 2.24. The summed E-state index contributed by atoms with van der Waals surface area (Å²) in [6.07, 6.45) is 1.72. The fourth-order valence-electron chi connectivity index (χ4n) is 2.30. The van der Waals surface area contributed by atoms with Crippen LogP contribution in [0.1, 0.15) is 19.8 Å². The molecule has 1 atom stereocenters.